The molecule has 12 heteroatoms. The van der Waals surface area contributed by atoms with Gasteiger partial charge in [0, 0.05) is 33.3 Å². The largest absolute Gasteiger partial charge is 0.382 e. The van der Waals surface area contributed by atoms with Crippen LogP contribution >= 0.6 is 0 Å². The molecular formula is C25H36N8O4. The van der Waals surface area contributed by atoms with E-state index in [-0.39, 0.29) is 12.1 Å². The van der Waals surface area contributed by atoms with Crippen LogP contribution in [0.25, 0.3) is 11.2 Å². The van der Waals surface area contributed by atoms with E-state index in [4.69, 9.17) is 19.9 Å². The van der Waals surface area contributed by atoms with E-state index in [0.29, 0.717) is 43.2 Å². The number of nitrogens with zero attached hydrogens (tertiary/aromatic N) is 5. The Hall–Kier alpha value is -3.32. The fourth-order valence-corrected chi connectivity index (χ4v) is 4.32. The number of benzene rings is 1. The summed E-state index contributed by atoms with van der Waals surface area (Å²) in [5.41, 5.74) is 9.27. The van der Waals surface area contributed by atoms with Gasteiger partial charge in [-0.2, -0.15) is 0 Å². The van der Waals surface area contributed by atoms with Gasteiger partial charge in [-0.1, -0.05) is 29.8 Å². The monoisotopic (exact) mass is 512 g/mol. The molecule has 12 nitrogen and oxygen atoms in total. The predicted octanol–water partition coefficient (Wildman–Crippen LogP) is 1.81. The molecule has 3 atom stereocenters. The number of methoxy groups -OCH3 is 1. The minimum absolute atomic E-state index is 0.208. The van der Waals surface area contributed by atoms with Crippen molar-refractivity contribution < 1.29 is 19.0 Å². The highest BCUT2D eigenvalue weighted by Crippen LogP contribution is 2.38. The van der Waals surface area contributed by atoms with E-state index < -0.39 is 18.1 Å². The molecule has 0 aliphatic carbocycles. The fraction of sp³-hybridized carbons (Fsp3) is 0.520. The molecule has 1 fully saturated rings. The normalized spacial score (nSPS) is 19.8. The van der Waals surface area contributed by atoms with E-state index in [1.807, 2.05) is 52.1 Å². The number of nitrogens with two attached hydrogens (primary N) is 1. The average molecular weight is 513 g/mol. The van der Waals surface area contributed by atoms with Gasteiger partial charge in [-0.15, -0.1) is 0 Å². The van der Waals surface area contributed by atoms with Gasteiger partial charge in [0.1, 0.15) is 24.1 Å². The van der Waals surface area contributed by atoms with Crippen LogP contribution in [0.2, 0.25) is 0 Å². The van der Waals surface area contributed by atoms with Gasteiger partial charge in [0.05, 0.1) is 6.33 Å². The number of likely N-dealkylation sites (N-methyl/N-ethyl adjacent to an activating group) is 1. The number of aryl methyl sites for hydroxylation is 1. The molecule has 0 saturated carbocycles. The Bertz CT molecular complexity index is 1200. The SMILES string of the molecule is CO[C@H](CN(C)CCNC(=O)NCc1ccc(C)cc1)[C@H]1OC(C)(C)O[C@H]1n1cnc2c(N)ncnc21. The van der Waals surface area contributed by atoms with Gasteiger partial charge in [0.15, 0.2) is 23.5 Å². The molecule has 4 N–H and O–H groups in total. The van der Waals surface area contributed by atoms with Gasteiger partial charge < -0.3 is 35.5 Å². The van der Waals surface area contributed by atoms with Crippen LogP contribution in [-0.2, 0) is 20.8 Å². The Balaban J connectivity index is 1.32. The van der Waals surface area contributed by atoms with Crippen molar-refractivity contribution >= 4 is 23.0 Å². The second-order valence-electron chi connectivity index (χ2n) is 9.71. The van der Waals surface area contributed by atoms with Crippen LogP contribution in [-0.4, -0.2) is 82.2 Å². The summed E-state index contributed by atoms with van der Waals surface area (Å²) in [4.78, 5) is 27.0. The Labute approximate surface area is 216 Å². The quantitative estimate of drug-likeness (QED) is 0.371. The van der Waals surface area contributed by atoms with Gasteiger partial charge in [0.2, 0.25) is 0 Å². The number of fused-ring (bicyclic) bond motifs is 1. The number of urea groups is 1. The van der Waals surface area contributed by atoms with Crippen LogP contribution in [0.4, 0.5) is 10.6 Å². The smallest absolute Gasteiger partial charge is 0.315 e. The lowest BCUT2D eigenvalue weighted by atomic mass is 10.1. The second-order valence-corrected chi connectivity index (χ2v) is 9.71. The predicted molar refractivity (Wildman–Crippen MR) is 139 cm³/mol. The first-order chi connectivity index (χ1) is 17.7. The van der Waals surface area contributed by atoms with E-state index in [2.05, 4.69) is 30.5 Å². The minimum Gasteiger partial charge on any atom is -0.382 e. The third kappa shape index (κ3) is 6.52. The molecule has 3 aromatic rings. The maximum absolute atomic E-state index is 12.2. The molecule has 2 amide bonds. The molecule has 2 aromatic heterocycles. The number of hydrogen-bond donors (Lipinski definition) is 3. The zero-order valence-electron chi connectivity index (χ0n) is 22.0. The standard InChI is InChI=1S/C25H36N8O4/c1-16-6-8-17(9-7-16)12-28-24(34)27-10-11-32(4)13-18(35-5)20-23(37-25(2,3)36-20)33-15-31-19-21(26)29-14-30-22(19)33/h6-9,14-15,18,20,23H,10-13H2,1-5H3,(H2,26,29,30)(H2,27,28,34)/t18-,20-,23-/m1/s1. The molecule has 1 saturated heterocycles. The third-order valence-corrected chi connectivity index (χ3v) is 6.28. The van der Waals surface area contributed by atoms with Crippen molar-refractivity contribution in [3.63, 3.8) is 0 Å². The highest BCUT2D eigenvalue weighted by atomic mass is 16.8. The zero-order chi connectivity index (χ0) is 26.6. The first-order valence-corrected chi connectivity index (χ1v) is 12.2. The first-order valence-electron chi connectivity index (χ1n) is 12.2. The number of carbonyl (C=O) groups excluding carboxylic acids is 1. The number of ether oxygens (including phenoxy) is 3. The van der Waals surface area contributed by atoms with E-state index >= 15 is 0 Å². The van der Waals surface area contributed by atoms with E-state index in [1.165, 1.54) is 11.9 Å². The number of nitrogens with one attached hydrogen (secondary N) is 2. The lowest BCUT2D eigenvalue weighted by Gasteiger charge is -2.29. The molecule has 1 aromatic carbocycles. The number of hydrogen-bond acceptors (Lipinski definition) is 9. The van der Waals surface area contributed by atoms with Crippen molar-refractivity contribution in [3.8, 4) is 0 Å². The lowest BCUT2D eigenvalue weighted by molar-refractivity contribution is -0.161. The Morgan fingerprint density at radius 3 is 2.70 bits per heavy atom. The minimum atomic E-state index is -0.836. The highest BCUT2D eigenvalue weighted by Gasteiger charge is 2.47. The van der Waals surface area contributed by atoms with Crippen LogP contribution in [0.3, 0.4) is 0 Å². The molecule has 0 unspecified atom stereocenters. The molecule has 0 spiro atoms. The van der Waals surface area contributed by atoms with Crippen LogP contribution in [0.5, 0.6) is 0 Å². The summed E-state index contributed by atoms with van der Waals surface area (Å²) in [6.45, 7) is 7.88. The molecule has 1 aliphatic heterocycles. The number of nitrogen functional groups attached to an aromatic ring is 1. The second kappa shape index (κ2) is 11.4. The van der Waals surface area contributed by atoms with Crippen molar-refractivity contribution in [2.24, 2.45) is 0 Å². The van der Waals surface area contributed by atoms with Crippen LogP contribution < -0.4 is 16.4 Å². The number of aromatic nitrogens is 4. The Morgan fingerprint density at radius 1 is 1.22 bits per heavy atom. The number of rotatable bonds is 10. The van der Waals surface area contributed by atoms with Gasteiger partial charge in [-0.05, 0) is 33.4 Å². The van der Waals surface area contributed by atoms with Crippen molar-refractivity contribution in [1.82, 2.24) is 35.1 Å². The van der Waals surface area contributed by atoms with Crippen LogP contribution in [0, 0.1) is 6.92 Å². The van der Waals surface area contributed by atoms with Crippen molar-refractivity contribution in [3.05, 3.63) is 48.0 Å². The summed E-state index contributed by atoms with van der Waals surface area (Å²) in [5, 5.41) is 5.78. The Kier molecular flexibility index (Phi) is 8.22. The summed E-state index contributed by atoms with van der Waals surface area (Å²) in [5.74, 6) is -0.534. The molecule has 37 heavy (non-hydrogen) atoms. The highest BCUT2D eigenvalue weighted by molar-refractivity contribution is 5.81. The van der Waals surface area contributed by atoms with Crippen molar-refractivity contribution in [1.29, 1.82) is 0 Å². The summed E-state index contributed by atoms with van der Waals surface area (Å²) in [6, 6.07) is 7.86. The van der Waals surface area contributed by atoms with E-state index in [1.54, 1.807) is 18.0 Å². The average Bonchev–Trinajstić information content (AvgIpc) is 3.43. The van der Waals surface area contributed by atoms with Crippen molar-refractivity contribution in [2.45, 2.75) is 51.5 Å². The molecule has 4 rings (SSSR count). The van der Waals surface area contributed by atoms with Gasteiger partial charge in [-0.25, -0.2) is 19.7 Å². The van der Waals surface area contributed by atoms with Crippen LogP contribution in [0.15, 0.2) is 36.9 Å². The molecular weight excluding hydrogens is 476 g/mol. The van der Waals surface area contributed by atoms with E-state index in [9.17, 15) is 4.79 Å². The number of anilines is 1. The zero-order valence-corrected chi connectivity index (χ0v) is 22.0. The van der Waals surface area contributed by atoms with Gasteiger partial charge in [-0.3, -0.25) is 4.57 Å². The number of carbonyl (C=O) groups is 1. The third-order valence-electron chi connectivity index (χ3n) is 6.28. The van der Waals surface area contributed by atoms with Gasteiger partial charge in [0.25, 0.3) is 0 Å². The van der Waals surface area contributed by atoms with E-state index in [0.717, 1.165) is 5.56 Å². The number of imidazole rings is 1. The Morgan fingerprint density at radius 2 is 1.97 bits per heavy atom. The topological polar surface area (TPSA) is 142 Å². The molecule has 200 valence electrons. The van der Waals surface area contributed by atoms with Gasteiger partial charge >= 0.3 is 6.03 Å². The van der Waals surface area contributed by atoms with Crippen molar-refractivity contribution in [2.75, 3.05) is 39.5 Å². The summed E-state index contributed by atoms with van der Waals surface area (Å²) < 4.78 is 20.2. The summed E-state index contributed by atoms with van der Waals surface area (Å²) >= 11 is 0. The summed E-state index contributed by atoms with van der Waals surface area (Å²) in [7, 11) is 3.61. The number of amides is 2. The molecule has 0 radical (unpaired) electrons. The molecule has 1 aliphatic rings. The lowest BCUT2D eigenvalue weighted by Crippen LogP contribution is -2.45. The molecule has 3 heterocycles. The fourth-order valence-electron chi connectivity index (χ4n) is 4.32. The van der Waals surface area contributed by atoms with Crippen LogP contribution in [0.1, 0.15) is 31.2 Å². The summed E-state index contributed by atoms with van der Waals surface area (Å²) in [6.07, 6.45) is 1.73. The first kappa shape index (κ1) is 26.7. The molecule has 0 bridgehead atoms. The maximum Gasteiger partial charge on any atom is 0.315 e. The maximum atomic E-state index is 12.2.